The number of carbonyl (C=O) groups excluding carboxylic acids is 1. The molecule has 2 N–H and O–H groups in total. The van der Waals surface area contributed by atoms with Gasteiger partial charge in [0.05, 0.1) is 11.8 Å². The first kappa shape index (κ1) is 14.6. The SMILES string of the molecule is CCc1ccc(NC(=O)[C@H]2CCCC[C@@H]2C(=O)O)cc1. The molecule has 1 aliphatic rings. The number of benzene rings is 1. The van der Waals surface area contributed by atoms with Crippen LogP contribution in [0.3, 0.4) is 0 Å². The van der Waals surface area contributed by atoms with Crippen LogP contribution >= 0.6 is 0 Å². The number of nitrogens with one attached hydrogen (secondary N) is 1. The fraction of sp³-hybridized carbons (Fsp3) is 0.500. The van der Waals surface area contributed by atoms with E-state index in [4.69, 9.17) is 0 Å². The van der Waals surface area contributed by atoms with Crippen LogP contribution in [0.4, 0.5) is 5.69 Å². The van der Waals surface area contributed by atoms with Crippen LogP contribution in [0.2, 0.25) is 0 Å². The van der Waals surface area contributed by atoms with Crippen molar-refractivity contribution in [2.24, 2.45) is 11.8 Å². The summed E-state index contributed by atoms with van der Waals surface area (Å²) in [5.41, 5.74) is 1.95. The Morgan fingerprint density at radius 3 is 2.30 bits per heavy atom. The third-order valence-corrected chi connectivity index (χ3v) is 4.05. The predicted octanol–water partition coefficient (Wildman–Crippen LogP) is 3.08. The summed E-state index contributed by atoms with van der Waals surface area (Å²) in [5, 5.41) is 12.1. The van der Waals surface area contributed by atoms with Gasteiger partial charge in [0.2, 0.25) is 5.91 Å². The quantitative estimate of drug-likeness (QED) is 0.887. The van der Waals surface area contributed by atoms with Crippen LogP contribution in [0.15, 0.2) is 24.3 Å². The minimum atomic E-state index is -0.855. The van der Waals surface area contributed by atoms with Crippen molar-refractivity contribution < 1.29 is 14.7 Å². The van der Waals surface area contributed by atoms with Gasteiger partial charge >= 0.3 is 5.97 Å². The zero-order valence-corrected chi connectivity index (χ0v) is 11.8. The Morgan fingerprint density at radius 1 is 1.15 bits per heavy atom. The van der Waals surface area contributed by atoms with Crippen molar-refractivity contribution in [1.29, 1.82) is 0 Å². The molecule has 0 heterocycles. The van der Waals surface area contributed by atoms with E-state index >= 15 is 0 Å². The lowest BCUT2D eigenvalue weighted by molar-refractivity contribution is -0.147. The van der Waals surface area contributed by atoms with Gasteiger partial charge in [-0.3, -0.25) is 9.59 Å². The second-order valence-electron chi connectivity index (χ2n) is 5.38. The summed E-state index contributed by atoms with van der Waals surface area (Å²) in [5.74, 6) is -1.97. The van der Waals surface area contributed by atoms with Gasteiger partial charge in [0.25, 0.3) is 0 Å². The molecule has 1 aliphatic carbocycles. The highest BCUT2D eigenvalue weighted by Gasteiger charge is 2.35. The van der Waals surface area contributed by atoms with Crippen LogP contribution in [0.1, 0.15) is 38.2 Å². The van der Waals surface area contributed by atoms with Gasteiger partial charge in [0, 0.05) is 5.69 Å². The van der Waals surface area contributed by atoms with Crippen molar-refractivity contribution in [2.45, 2.75) is 39.0 Å². The highest BCUT2D eigenvalue weighted by Crippen LogP contribution is 2.31. The van der Waals surface area contributed by atoms with Crippen molar-refractivity contribution >= 4 is 17.6 Å². The number of carboxylic acids is 1. The van der Waals surface area contributed by atoms with Crippen LogP contribution in [0, 0.1) is 11.8 Å². The maximum absolute atomic E-state index is 12.3. The standard InChI is InChI=1S/C16H21NO3/c1-2-11-7-9-12(10-8-11)17-15(18)13-5-3-4-6-14(13)16(19)20/h7-10,13-14H,2-6H2,1H3,(H,17,18)(H,19,20)/t13-,14-/m0/s1. The lowest BCUT2D eigenvalue weighted by atomic mass is 9.78. The number of aliphatic carboxylic acids is 1. The largest absolute Gasteiger partial charge is 0.481 e. The molecule has 0 aliphatic heterocycles. The highest BCUT2D eigenvalue weighted by atomic mass is 16.4. The monoisotopic (exact) mass is 275 g/mol. The fourth-order valence-electron chi connectivity index (χ4n) is 2.80. The molecular formula is C16H21NO3. The Bertz CT molecular complexity index is 481. The first-order valence-electron chi connectivity index (χ1n) is 7.24. The van der Waals surface area contributed by atoms with E-state index in [1.807, 2.05) is 24.3 Å². The van der Waals surface area contributed by atoms with Crippen molar-refractivity contribution in [1.82, 2.24) is 0 Å². The van der Waals surface area contributed by atoms with E-state index in [-0.39, 0.29) is 5.91 Å². The number of hydrogen-bond donors (Lipinski definition) is 2. The summed E-state index contributed by atoms with van der Waals surface area (Å²) < 4.78 is 0. The summed E-state index contributed by atoms with van der Waals surface area (Å²) in [6, 6.07) is 7.70. The first-order chi connectivity index (χ1) is 9.61. The van der Waals surface area contributed by atoms with Crippen LogP contribution in [0.25, 0.3) is 0 Å². The lowest BCUT2D eigenvalue weighted by Crippen LogP contribution is -2.36. The Hall–Kier alpha value is -1.84. The molecule has 0 saturated heterocycles. The molecule has 2 atom stereocenters. The molecule has 2 rings (SSSR count). The van der Waals surface area contributed by atoms with Gasteiger partial charge in [-0.1, -0.05) is 31.9 Å². The Labute approximate surface area is 119 Å². The Kier molecular flexibility index (Phi) is 4.77. The maximum atomic E-state index is 12.3. The van der Waals surface area contributed by atoms with Gasteiger partial charge in [-0.05, 0) is 37.0 Å². The maximum Gasteiger partial charge on any atom is 0.307 e. The van der Waals surface area contributed by atoms with Crippen LogP contribution in [-0.4, -0.2) is 17.0 Å². The van der Waals surface area contributed by atoms with Gasteiger partial charge in [-0.15, -0.1) is 0 Å². The first-order valence-corrected chi connectivity index (χ1v) is 7.24. The van der Waals surface area contributed by atoms with E-state index in [1.54, 1.807) is 0 Å². The molecule has 1 amide bonds. The topological polar surface area (TPSA) is 66.4 Å². The molecule has 0 radical (unpaired) electrons. The molecule has 4 heteroatoms. The number of aryl methyl sites for hydroxylation is 1. The fourth-order valence-corrected chi connectivity index (χ4v) is 2.80. The van der Waals surface area contributed by atoms with Crippen molar-refractivity contribution in [3.63, 3.8) is 0 Å². The average Bonchev–Trinajstić information content (AvgIpc) is 2.48. The summed E-state index contributed by atoms with van der Waals surface area (Å²) in [6.07, 6.45) is 4.04. The minimum Gasteiger partial charge on any atom is -0.481 e. The Morgan fingerprint density at radius 2 is 1.75 bits per heavy atom. The van der Waals surface area contributed by atoms with Crippen molar-refractivity contribution in [3.8, 4) is 0 Å². The number of anilines is 1. The number of carbonyl (C=O) groups is 2. The highest BCUT2D eigenvalue weighted by molar-refractivity contribution is 5.95. The van der Waals surface area contributed by atoms with Crippen LogP contribution < -0.4 is 5.32 Å². The van der Waals surface area contributed by atoms with Crippen molar-refractivity contribution in [3.05, 3.63) is 29.8 Å². The summed E-state index contributed by atoms with van der Waals surface area (Å²) in [6.45, 7) is 2.08. The normalized spacial score (nSPS) is 22.2. The molecule has 0 aromatic heterocycles. The third kappa shape index (κ3) is 3.38. The molecule has 0 bridgehead atoms. The zero-order valence-electron chi connectivity index (χ0n) is 11.8. The van der Waals surface area contributed by atoms with E-state index in [2.05, 4.69) is 12.2 Å². The number of hydrogen-bond acceptors (Lipinski definition) is 2. The van der Waals surface area contributed by atoms with Gasteiger partial charge < -0.3 is 10.4 Å². The molecule has 1 aromatic rings. The van der Waals surface area contributed by atoms with Gasteiger partial charge in [-0.2, -0.15) is 0 Å². The van der Waals surface area contributed by atoms with Crippen LogP contribution in [-0.2, 0) is 16.0 Å². The molecule has 4 nitrogen and oxygen atoms in total. The van der Waals surface area contributed by atoms with Gasteiger partial charge in [0.15, 0.2) is 0 Å². The molecule has 1 saturated carbocycles. The number of carboxylic acid groups (broad SMARTS) is 1. The van der Waals surface area contributed by atoms with E-state index in [0.717, 1.165) is 24.9 Å². The average molecular weight is 275 g/mol. The molecule has 1 fully saturated rings. The summed E-state index contributed by atoms with van der Waals surface area (Å²) in [4.78, 5) is 23.5. The number of amides is 1. The molecule has 108 valence electrons. The zero-order chi connectivity index (χ0) is 14.5. The second kappa shape index (κ2) is 6.55. The van der Waals surface area contributed by atoms with E-state index in [0.29, 0.717) is 12.8 Å². The molecule has 20 heavy (non-hydrogen) atoms. The Balaban J connectivity index is 2.03. The molecular weight excluding hydrogens is 254 g/mol. The van der Waals surface area contributed by atoms with E-state index < -0.39 is 17.8 Å². The van der Waals surface area contributed by atoms with Crippen molar-refractivity contribution in [2.75, 3.05) is 5.32 Å². The summed E-state index contributed by atoms with van der Waals surface area (Å²) in [7, 11) is 0. The second-order valence-corrected chi connectivity index (χ2v) is 5.38. The van der Waals surface area contributed by atoms with Crippen LogP contribution in [0.5, 0.6) is 0 Å². The molecule has 1 aromatic carbocycles. The van der Waals surface area contributed by atoms with E-state index in [9.17, 15) is 14.7 Å². The van der Waals surface area contributed by atoms with E-state index in [1.165, 1.54) is 5.56 Å². The van der Waals surface area contributed by atoms with Gasteiger partial charge in [0.1, 0.15) is 0 Å². The number of rotatable bonds is 4. The predicted molar refractivity (Wildman–Crippen MR) is 77.5 cm³/mol. The summed E-state index contributed by atoms with van der Waals surface area (Å²) >= 11 is 0. The third-order valence-electron chi connectivity index (χ3n) is 4.05. The molecule has 0 unspecified atom stereocenters. The smallest absolute Gasteiger partial charge is 0.307 e. The van der Waals surface area contributed by atoms with Gasteiger partial charge in [-0.25, -0.2) is 0 Å². The lowest BCUT2D eigenvalue weighted by Gasteiger charge is -2.27. The minimum absolute atomic E-state index is 0.165. The molecule has 0 spiro atoms.